The van der Waals surface area contributed by atoms with E-state index in [-0.39, 0.29) is 49.2 Å². The van der Waals surface area contributed by atoms with E-state index in [1.807, 2.05) is 18.3 Å². The van der Waals surface area contributed by atoms with Gasteiger partial charge in [0.1, 0.15) is 0 Å². The summed E-state index contributed by atoms with van der Waals surface area (Å²) in [5.41, 5.74) is 3.22. The number of carbonyl (C=O) groups excluding carboxylic acids is 5. The van der Waals surface area contributed by atoms with Crippen molar-refractivity contribution in [1.82, 2.24) is 15.1 Å². The molecule has 0 saturated carbocycles. The maximum absolute atomic E-state index is 12.8. The smallest absolute Gasteiger partial charge is 0.275 e. The minimum absolute atomic E-state index is 0.108. The fourth-order valence-corrected chi connectivity index (χ4v) is 4.30. The molecule has 5 N–H and O–H groups in total. The van der Waals surface area contributed by atoms with E-state index in [9.17, 15) is 24.0 Å². The lowest BCUT2D eigenvalue weighted by Crippen LogP contribution is -2.87. The summed E-state index contributed by atoms with van der Waals surface area (Å²) < 4.78 is 0. The third-order valence-corrected chi connectivity index (χ3v) is 6.15. The van der Waals surface area contributed by atoms with Gasteiger partial charge in [0.25, 0.3) is 29.5 Å². The predicted molar refractivity (Wildman–Crippen MR) is 125 cm³/mol. The van der Waals surface area contributed by atoms with Crippen molar-refractivity contribution in [2.45, 2.75) is 13.5 Å². The number of hydrogen-bond acceptors (Lipinski definition) is 5. The van der Waals surface area contributed by atoms with E-state index in [2.05, 4.69) is 5.32 Å². The van der Waals surface area contributed by atoms with Crippen LogP contribution in [0.15, 0.2) is 36.4 Å². The quantitative estimate of drug-likeness (QED) is 0.275. The molecule has 35 heavy (non-hydrogen) atoms. The fraction of sp³-hybridized carbons (Fsp3) is 0.320. The third-order valence-electron chi connectivity index (χ3n) is 6.15. The maximum Gasteiger partial charge on any atom is 0.275 e. The van der Waals surface area contributed by atoms with E-state index in [0.717, 1.165) is 11.1 Å². The predicted octanol–water partition coefficient (Wildman–Crippen LogP) is -1.74. The number of quaternary nitrogens is 2. The number of nitrogens with one attached hydrogen (secondary N) is 1. The van der Waals surface area contributed by atoms with Gasteiger partial charge in [-0.1, -0.05) is 17.7 Å². The van der Waals surface area contributed by atoms with Crippen molar-refractivity contribution in [3.8, 4) is 0 Å². The molecule has 10 nitrogen and oxygen atoms in total. The standard InChI is InChI=1S/C25H27N5O5/c1-15-3-5-17-19(11-15)24(34)29(22(17)32)9-7-27-8-10-30-23(33)18-6-4-16(12-20(18)25(30)35)13-28-21(31)14-26-2/h3-6,11-12,26-27H,7-10,13-14H2,1-2H3,(H,28,31)/p+2. The molecule has 2 aromatic carbocycles. The molecule has 0 aromatic heterocycles. The lowest BCUT2D eigenvalue weighted by Gasteiger charge is -2.15. The van der Waals surface area contributed by atoms with E-state index in [1.165, 1.54) is 9.80 Å². The molecule has 10 heteroatoms. The van der Waals surface area contributed by atoms with Crippen molar-refractivity contribution >= 4 is 29.5 Å². The molecule has 2 aliphatic rings. The van der Waals surface area contributed by atoms with E-state index >= 15 is 0 Å². The number of amides is 5. The van der Waals surface area contributed by atoms with Gasteiger partial charge in [0.05, 0.1) is 55.5 Å². The summed E-state index contributed by atoms with van der Waals surface area (Å²) >= 11 is 0. The Balaban J connectivity index is 1.27. The van der Waals surface area contributed by atoms with Gasteiger partial charge >= 0.3 is 0 Å². The van der Waals surface area contributed by atoms with Crippen LogP contribution in [0, 0.1) is 6.92 Å². The molecule has 2 aromatic rings. The van der Waals surface area contributed by atoms with Crippen LogP contribution in [0.25, 0.3) is 0 Å². The van der Waals surface area contributed by atoms with E-state index in [1.54, 1.807) is 42.7 Å². The molecule has 0 saturated heterocycles. The van der Waals surface area contributed by atoms with Gasteiger partial charge in [0, 0.05) is 6.54 Å². The Kier molecular flexibility index (Phi) is 7.04. The first kappa shape index (κ1) is 24.2. The molecule has 0 radical (unpaired) electrons. The largest absolute Gasteiger partial charge is 0.347 e. The van der Waals surface area contributed by atoms with Crippen LogP contribution in [0.1, 0.15) is 52.6 Å². The molecule has 2 heterocycles. The molecule has 4 rings (SSSR count). The van der Waals surface area contributed by atoms with Gasteiger partial charge < -0.3 is 16.0 Å². The molecule has 0 spiro atoms. The van der Waals surface area contributed by atoms with Gasteiger partial charge in [-0.15, -0.1) is 0 Å². The zero-order valence-electron chi connectivity index (χ0n) is 19.8. The summed E-state index contributed by atoms with van der Waals surface area (Å²) in [4.78, 5) is 64.7. The zero-order valence-corrected chi connectivity index (χ0v) is 19.8. The average molecular weight is 480 g/mol. The van der Waals surface area contributed by atoms with Crippen molar-refractivity contribution < 1.29 is 34.6 Å². The molecule has 2 aliphatic heterocycles. The van der Waals surface area contributed by atoms with Crippen molar-refractivity contribution in [1.29, 1.82) is 0 Å². The van der Waals surface area contributed by atoms with Crippen molar-refractivity contribution in [3.63, 3.8) is 0 Å². The van der Waals surface area contributed by atoms with E-state index < -0.39 is 0 Å². The zero-order chi connectivity index (χ0) is 25.1. The fourth-order valence-electron chi connectivity index (χ4n) is 4.30. The molecular formula is C25H29N5O5+2. The second kappa shape index (κ2) is 10.2. The highest BCUT2D eigenvalue weighted by Gasteiger charge is 2.37. The normalized spacial score (nSPS) is 14.6. The Morgan fingerprint density at radius 3 is 1.94 bits per heavy atom. The van der Waals surface area contributed by atoms with Gasteiger partial charge in [0.15, 0.2) is 6.54 Å². The van der Waals surface area contributed by atoms with Gasteiger partial charge in [-0.05, 0) is 36.8 Å². The highest BCUT2D eigenvalue weighted by atomic mass is 16.2. The summed E-state index contributed by atoms with van der Waals surface area (Å²) in [6, 6.07) is 10.2. The number of carbonyl (C=O) groups is 5. The third kappa shape index (κ3) is 4.84. The summed E-state index contributed by atoms with van der Waals surface area (Å²) in [5.74, 6) is -1.39. The Morgan fingerprint density at radius 1 is 0.800 bits per heavy atom. The number of fused-ring (bicyclic) bond motifs is 2. The highest BCUT2D eigenvalue weighted by Crippen LogP contribution is 2.24. The van der Waals surface area contributed by atoms with Crippen molar-refractivity contribution in [3.05, 3.63) is 69.8 Å². The number of nitrogens with zero attached hydrogens (tertiary/aromatic N) is 2. The van der Waals surface area contributed by atoms with Gasteiger partial charge in [0.2, 0.25) is 0 Å². The Bertz CT molecular complexity index is 1220. The van der Waals surface area contributed by atoms with Gasteiger partial charge in [-0.25, -0.2) is 0 Å². The maximum atomic E-state index is 12.8. The number of imide groups is 2. The molecule has 182 valence electrons. The highest BCUT2D eigenvalue weighted by molar-refractivity contribution is 6.22. The molecule has 0 atom stereocenters. The molecule has 0 bridgehead atoms. The van der Waals surface area contributed by atoms with Crippen LogP contribution in [0.3, 0.4) is 0 Å². The van der Waals surface area contributed by atoms with Crippen molar-refractivity contribution in [2.75, 3.05) is 39.8 Å². The second-order valence-electron chi connectivity index (χ2n) is 8.71. The lowest BCUT2D eigenvalue weighted by atomic mass is 10.1. The first-order valence-corrected chi connectivity index (χ1v) is 11.6. The molecule has 5 amide bonds. The van der Waals surface area contributed by atoms with Crippen LogP contribution in [0.2, 0.25) is 0 Å². The molecular weight excluding hydrogens is 450 g/mol. The first-order valence-electron chi connectivity index (χ1n) is 11.6. The number of likely N-dealkylation sites (N-methyl/N-ethyl adjacent to an activating group) is 1. The summed E-state index contributed by atoms with van der Waals surface area (Å²) in [6.45, 7) is 3.85. The number of aryl methyl sites for hydroxylation is 1. The van der Waals surface area contributed by atoms with Crippen LogP contribution in [0.5, 0.6) is 0 Å². The first-order chi connectivity index (χ1) is 16.8. The van der Waals surface area contributed by atoms with Crippen LogP contribution < -0.4 is 16.0 Å². The van der Waals surface area contributed by atoms with Crippen LogP contribution in [-0.4, -0.2) is 79.1 Å². The molecule has 0 fully saturated rings. The Hall–Kier alpha value is -3.89. The monoisotopic (exact) mass is 479 g/mol. The molecule has 0 unspecified atom stereocenters. The van der Waals surface area contributed by atoms with Crippen molar-refractivity contribution in [2.24, 2.45) is 0 Å². The van der Waals surface area contributed by atoms with Gasteiger partial charge in [-0.3, -0.25) is 33.8 Å². The van der Waals surface area contributed by atoms with Crippen LogP contribution in [-0.2, 0) is 11.3 Å². The SMILES string of the molecule is C[NH2+]CC(=O)NCc1ccc2c(c1)C(=O)N(CC[NH2+]CCN1C(=O)c3ccc(C)cc3C1=O)C2=O. The Labute approximate surface area is 202 Å². The minimum Gasteiger partial charge on any atom is -0.347 e. The van der Waals surface area contributed by atoms with Gasteiger partial charge in [-0.2, -0.15) is 0 Å². The number of nitrogens with two attached hydrogens (primary N) is 2. The molecule has 0 aliphatic carbocycles. The summed E-state index contributed by atoms with van der Waals surface area (Å²) in [7, 11) is 1.80. The number of benzene rings is 2. The van der Waals surface area contributed by atoms with E-state index in [4.69, 9.17) is 0 Å². The van der Waals surface area contributed by atoms with Crippen LogP contribution in [0.4, 0.5) is 0 Å². The minimum atomic E-state index is -0.357. The summed E-state index contributed by atoms with van der Waals surface area (Å²) in [6.07, 6.45) is 0. The number of rotatable bonds is 10. The summed E-state index contributed by atoms with van der Waals surface area (Å²) in [5, 5.41) is 6.42. The topological polar surface area (TPSA) is 137 Å². The number of hydrogen-bond donors (Lipinski definition) is 3. The van der Waals surface area contributed by atoms with Crippen LogP contribution >= 0.6 is 0 Å². The Morgan fingerprint density at radius 2 is 1.34 bits per heavy atom. The lowest BCUT2D eigenvalue weighted by molar-refractivity contribution is -0.652. The second-order valence-corrected chi connectivity index (χ2v) is 8.71. The van der Waals surface area contributed by atoms with E-state index in [0.29, 0.717) is 41.9 Å². The average Bonchev–Trinajstić information content (AvgIpc) is 3.22.